The molecule has 0 saturated heterocycles. The summed E-state index contributed by atoms with van der Waals surface area (Å²) in [7, 11) is 0. The third-order valence-corrected chi connectivity index (χ3v) is 2.67. The van der Waals surface area contributed by atoms with Crippen molar-refractivity contribution in [3.63, 3.8) is 0 Å². The third kappa shape index (κ3) is 1.39. The van der Waals surface area contributed by atoms with Gasteiger partial charge in [0.15, 0.2) is 5.78 Å². The normalized spacial score (nSPS) is 15.4. The molecule has 0 fully saturated rings. The Morgan fingerprint density at radius 2 is 1.79 bits per heavy atom. The van der Waals surface area contributed by atoms with Crippen LogP contribution in [-0.2, 0) is 0 Å². The predicted octanol–water partition coefficient (Wildman–Crippen LogP) is 3.31. The van der Waals surface area contributed by atoms with Gasteiger partial charge < -0.3 is 0 Å². The molecule has 1 aliphatic rings. The first-order valence-corrected chi connectivity index (χ1v) is 5.03. The van der Waals surface area contributed by atoms with E-state index in [1.54, 1.807) is 0 Å². The Bertz CT molecular complexity index is 399. The highest BCUT2D eigenvalue weighted by molar-refractivity contribution is 6.04. The predicted molar refractivity (Wildman–Crippen MR) is 58.2 cm³/mol. The summed E-state index contributed by atoms with van der Waals surface area (Å²) in [6.07, 6.45) is 2.62. The molecule has 0 aromatic heterocycles. The minimum atomic E-state index is 0.241. The van der Waals surface area contributed by atoms with Crippen LogP contribution in [0.2, 0.25) is 0 Å². The summed E-state index contributed by atoms with van der Waals surface area (Å²) in [5.41, 5.74) is 3.32. The zero-order chi connectivity index (χ0) is 10.1. The van der Waals surface area contributed by atoms with Gasteiger partial charge in [0, 0.05) is 12.0 Å². The smallest absolute Gasteiger partial charge is 0.167 e. The fourth-order valence-electron chi connectivity index (χ4n) is 1.95. The monoisotopic (exact) mass is 186 g/mol. The summed E-state index contributed by atoms with van der Waals surface area (Å²) in [5.74, 6) is 0.731. The molecule has 0 saturated carbocycles. The van der Waals surface area contributed by atoms with Crippen molar-refractivity contribution in [3.8, 4) is 0 Å². The number of rotatable bonds is 1. The fourth-order valence-corrected chi connectivity index (χ4v) is 1.95. The van der Waals surface area contributed by atoms with Gasteiger partial charge in [-0.2, -0.15) is 0 Å². The second-order valence-electron chi connectivity index (χ2n) is 3.99. The molecule has 1 aliphatic carbocycles. The number of allylic oxidation sites excluding steroid dienone is 2. The van der Waals surface area contributed by atoms with E-state index in [0.29, 0.717) is 12.3 Å². The van der Waals surface area contributed by atoms with E-state index in [4.69, 9.17) is 0 Å². The van der Waals surface area contributed by atoms with Crippen molar-refractivity contribution in [2.75, 3.05) is 0 Å². The standard InChI is InChI=1S/C13H14O/c1-9(2)10-7-8-13(14)12-6-4-3-5-11(10)12/h3-7,9H,8H2,1-2H3. The summed E-state index contributed by atoms with van der Waals surface area (Å²) < 4.78 is 0. The van der Waals surface area contributed by atoms with E-state index in [9.17, 15) is 4.79 Å². The molecule has 0 spiro atoms. The first-order valence-electron chi connectivity index (χ1n) is 5.03. The molecule has 0 amide bonds. The van der Waals surface area contributed by atoms with E-state index in [-0.39, 0.29) is 5.78 Å². The first-order chi connectivity index (χ1) is 6.70. The van der Waals surface area contributed by atoms with E-state index in [1.165, 1.54) is 5.57 Å². The molecule has 14 heavy (non-hydrogen) atoms. The Balaban J connectivity index is 2.57. The van der Waals surface area contributed by atoms with Crippen molar-refractivity contribution in [1.29, 1.82) is 0 Å². The number of hydrogen-bond donors (Lipinski definition) is 0. The van der Waals surface area contributed by atoms with Crippen LogP contribution in [0, 0.1) is 5.92 Å². The van der Waals surface area contributed by atoms with Crippen LogP contribution in [0.1, 0.15) is 36.2 Å². The van der Waals surface area contributed by atoms with E-state index < -0.39 is 0 Å². The van der Waals surface area contributed by atoms with E-state index in [1.807, 2.05) is 24.3 Å². The first kappa shape index (κ1) is 9.20. The topological polar surface area (TPSA) is 17.1 Å². The summed E-state index contributed by atoms with van der Waals surface area (Å²) in [6.45, 7) is 4.33. The average molecular weight is 186 g/mol. The number of benzene rings is 1. The fraction of sp³-hybridized carbons (Fsp3) is 0.308. The molecule has 1 nitrogen and oxygen atoms in total. The van der Waals surface area contributed by atoms with Gasteiger partial charge in [-0.1, -0.05) is 44.2 Å². The number of Topliss-reactive ketones (excluding diaryl/α,β-unsaturated/α-hetero) is 1. The van der Waals surface area contributed by atoms with E-state index in [0.717, 1.165) is 11.1 Å². The quantitative estimate of drug-likeness (QED) is 0.657. The zero-order valence-corrected chi connectivity index (χ0v) is 8.58. The molecule has 0 N–H and O–H groups in total. The molecular weight excluding hydrogens is 172 g/mol. The molecule has 2 rings (SSSR count). The molecule has 0 heterocycles. The zero-order valence-electron chi connectivity index (χ0n) is 8.58. The molecule has 0 aliphatic heterocycles. The number of fused-ring (bicyclic) bond motifs is 1. The molecule has 0 radical (unpaired) electrons. The summed E-state index contributed by atoms with van der Waals surface area (Å²) in [6, 6.07) is 7.89. The molecule has 1 heteroatoms. The Kier molecular flexibility index (Phi) is 2.24. The second kappa shape index (κ2) is 3.41. The van der Waals surface area contributed by atoms with Crippen molar-refractivity contribution in [2.24, 2.45) is 5.92 Å². The maximum atomic E-state index is 11.6. The molecule has 0 unspecified atom stereocenters. The molecule has 1 aromatic rings. The number of hydrogen-bond acceptors (Lipinski definition) is 1. The number of carbonyl (C=O) groups excluding carboxylic acids is 1. The van der Waals surface area contributed by atoms with Gasteiger partial charge in [0.2, 0.25) is 0 Å². The molecule has 0 atom stereocenters. The van der Waals surface area contributed by atoms with Crippen LogP contribution < -0.4 is 0 Å². The van der Waals surface area contributed by atoms with Crippen LogP contribution in [0.5, 0.6) is 0 Å². The molecular formula is C13H14O. The van der Waals surface area contributed by atoms with E-state index in [2.05, 4.69) is 19.9 Å². The lowest BCUT2D eigenvalue weighted by Gasteiger charge is -2.19. The maximum Gasteiger partial charge on any atom is 0.167 e. The molecule has 1 aromatic carbocycles. The van der Waals surface area contributed by atoms with Crippen molar-refractivity contribution in [1.82, 2.24) is 0 Å². The van der Waals surface area contributed by atoms with Gasteiger partial charge in [-0.05, 0) is 17.1 Å². The Morgan fingerprint density at radius 3 is 2.43 bits per heavy atom. The third-order valence-electron chi connectivity index (χ3n) is 2.67. The maximum absolute atomic E-state index is 11.6. The van der Waals surface area contributed by atoms with Crippen molar-refractivity contribution >= 4 is 11.4 Å². The molecule has 0 bridgehead atoms. The number of ketones is 1. The van der Waals surface area contributed by atoms with Crippen LogP contribution >= 0.6 is 0 Å². The highest BCUT2D eigenvalue weighted by Gasteiger charge is 2.19. The highest BCUT2D eigenvalue weighted by atomic mass is 16.1. The average Bonchev–Trinajstić information content (AvgIpc) is 2.18. The van der Waals surface area contributed by atoms with Gasteiger partial charge in [-0.15, -0.1) is 0 Å². The van der Waals surface area contributed by atoms with Crippen molar-refractivity contribution in [3.05, 3.63) is 41.5 Å². The minimum absolute atomic E-state index is 0.241. The van der Waals surface area contributed by atoms with Gasteiger partial charge in [-0.3, -0.25) is 4.79 Å². The lowest BCUT2D eigenvalue weighted by atomic mass is 9.85. The summed E-state index contributed by atoms with van der Waals surface area (Å²) in [4.78, 5) is 11.6. The van der Waals surface area contributed by atoms with E-state index >= 15 is 0 Å². The lowest BCUT2D eigenvalue weighted by Crippen LogP contribution is -2.10. The van der Waals surface area contributed by atoms with Gasteiger partial charge in [0.1, 0.15) is 0 Å². The van der Waals surface area contributed by atoms with Crippen LogP contribution in [0.3, 0.4) is 0 Å². The van der Waals surface area contributed by atoms with Gasteiger partial charge >= 0.3 is 0 Å². The highest BCUT2D eigenvalue weighted by Crippen LogP contribution is 2.31. The second-order valence-corrected chi connectivity index (χ2v) is 3.99. The number of carbonyl (C=O) groups is 1. The van der Waals surface area contributed by atoms with Crippen LogP contribution in [-0.4, -0.2) is 5.78 Å². The largest absolute Gasteiger partial charge is 0.294 e. The van der Waals surface area contributed by atoms with Crippen molar-refractivity contribution in [2.45, 2.75) is 20.3 Å². The molecule has 72 valence electrons. The van der Waals surface area contributed by atoms with Gasteiger partial charge in [0.25, 0.3) is 0 Å². The van der Waals surface area contributed by atoms with Crippen LogP contribution in [0.4, 0.5) is 0 Å². The Labute approximate surface area is 84.5 Å². The van der Waals surface area contributed by atoms with Crippen molar-refractivity contribution < 1.29 is 4.79 Å². The van der Waals surface area contributed by atoms with Gasteiger partial charge in [-0.25, -0.2) is 0 Å². The lowest BCUT2D eigenvalue weighted by molar-refractivity contribution is 0.0994. The van der Waals surface area contributed by atoms with Crippen LogP contribution in [0.15, 0.2) is 30.3 Å². The Hall–Kier alpha value is -1.37. The van der Waals surface area contributed by atoms with Crippen LogP contribution in [0.25, 0.3) is 5.57 Å². The summed E-state index contributed by atoms with van der Waals surface area (Å²) >= 11 is 0. The SMILES string of the molecule is CC(C)C1=CCC(=O)c2ccccc21. The van der Waals surface area contributed by atoms with Gasteiger partial charge in [0.05, 0.1) is 0 Å². The summed E-state index contributed by atoms with van der Waals surface area (Å²) in [5, 5.41) is 0. The minimum Gasteiger partial charge on any atom is -0.294 e. The Morgan fingerprint density at radius 1 is 1.14 bits per heavy atom.